The number of rotatable bonds is 4. The third-order valence-electron chi connectivity index (χ3n) is 3.35. The van der Waals surface area contributed by atoms with E-state index < -0.39 is 12.5 Å². The number of hydrogen-bond donors (Lipinski definition) is 2. The summed E-state index contributed by atoms with van der Waals surface area (Å²) in [6.07, 6.45) is -2.64. The first-order valence-corrected chi connectivity index (χ1v) is 7.08. The first-order chi connectivity index (χ1) is 9.08. The number of aromatic hydroxyl groups is 1. The molecule has 0 unspecified atom stereocenters. The van der Waals surface area contributed by atoms with Crippen molar-refractivity contribution in [2.75, 3.05) is 26.2 Å². The molecule has 1 aromatic carbocycles. The molecule has 1 aliphatic rings. The van der Waals surface area contributed by atoms with Gasteiger partial charge in [0.1, 0.15) is 5.75 Å². The highest BCUT2D eigenvalue weighted by molar-refractivity contribution is 9.10. The Balaban J connectivity index is 2.25. The van der Waals surface area contributed by atoms with Gasteiger partial charge in [-0.05, 0) is 12.1 Å². The first kappa shape index (κ1) is 14.7. The van der Waals surface area contributed by atoms with Gasteiger partial charge in [0, 0.05) is 48.7 Å². The molecule has 1 aliphatic heterocycles. The van der Waals surface area contributed by atoms with Gasteiger partial charge in [0.25, 0.3) is 0 Å². The van der Waals surface area contributed by atoms with E-state index >= 15 is 0 Å². The second kappa shape index (κ2) is 6.63. The lowest BCUT2D eigenvalue weighted by Crippen LogP contribution is -2.45. The fourth-order valence-corrected chi connectivity index (χ4v) is 2.78. The number of halogens is 3. The molecule has 1 saturated heterocycles. The van der Waals surface area contributed by atoms with Crippen LogP contribution in [0.25, 0.3) is 0 Å². The van der Waals surface area contributed by atoms with Gasteiger partial charge in [0.15, 0.2) is 0 Å². The van der Waals surface area contributed by atoms with Crippen LogP contribution in [0.15, 0.2) is 22.7 Å². The van der Waals surface area contributed by atoms with Crippen LogP contribution in [-0.2, 0) is 0 Å². The van der Waals surface area contributed by atoms with Gasteiger partial charge in [-0.25, -0.2) is 8.78 Å². The molecular weight excluding hydrogens is 318 g/mol. The zero-order chi connectivity index (χ0) is 13.8. The van der Waals surface area contributed by atoms with E-state index in [1.807, 2.05) is 4.90 Å². The molecule has 106 valence electrons. The number of nitrogens with one attached hydrogen (secondary N) is 1. The van der Waals surface area contributed by atoms with Gasteiger partial charge >= 0.3 is 0 Å². The number of alkyl halides is 2. The van der Waals surface area contributed by atoms with Crippen LogP contribution in [0.1, 0.15) is 18.0 Å². The molecule has 2 rings (SSSR count). The first-order valence-electron chi connectivity index (χ1n) is 6.29. The third-order valence-corrected chi connectivity index (χ3v) is 3.84. The minimum atomic E-state index is -2.39. The van der Waals surface area contributed by atoms with E-state index in [0.717, 1.165) is 17.6 Å². The SMILES string of the molecule is Oc1cc(Br)ccc1[C@@H](CC(F)F)N1CCNCC1. The lowest BCUT2D eigenvalue weighted by molar-refractivity contribution is 0.0730. The molecule has 3 nitrogen and oxygen atoms in total. The lowest BCUT2D eigenvalue weighted by atomic mass is 10.0. The fourth-order valence-electron chi connectivity index (χ4n) is 2.43. The van der Waals surface area contributed by atoms with E-state index in [2.05, 4.69) is 21.2 Å². The van der Waals surface area contributed by atoms with Crippen LogP contribution in [0, 0.1) is 0 Å². The zero-order valence-corrected chi connectivity index (χ0v) is 12.0. The smallest absolute Gasteiger partial charge is 0.240 e. The molecule has 0 radical (unpaired) electrons. The maximum atomic E-state index is 12.8. The Morgan fingerprint density at radius 3 is 2.58 bits per heavy atom. The van der Waals surface area contributed by atoms with E-state index in [9.17, 15) is 13.9 Å². The second-order valence-electron chi connectivity index (χ2n) is 4.63. The lowest BCUT2D eigenvalue weighted by Gasteiger charge is -2.35. The molecule has 1 heterocycles. The Morgan fingerprint density at radius 2 is 2.00 bits per heavy atom. The topological polar surface area (TPSA) is 35.5 Å². The average molecular weight is 335 g/mol. The number of piperazine rings is 1. The van der Waals surface area contributed by atoms with Crippen molar-refractivity contribution in [3.63, 3.8) is 0 Å². The molecule has 19 heavy (non-hydrogen) atoms. The van der Waals surface area contributed by atoms with Gasteiger partial charge in [0.2, 0.25) is 6.43 Å². The van der Waals surface area contributed by atoms with E-state index in [0.29, 0.717) is 18.7 Å². The highest BCUT2D eigenvalue weighted by atomic mass is 79.9. The summed E-state index contributed by atoms with van der Waals surface area (Å²) in [5.41, 5.74) is 0.574. The normalized spacial score (nSPS) is 18.7. The molecule has 2 N–H and O–H groups in total. The number of nitrogens with zero attached hydrogens (tertiary/aromatic N) is 1. The van der Waals surface area contributed by atoms with Crippen LogP contribution in [-0.4, -0.2) is 42.6 Å². The van der Waals surface area contributed by atoms with Crippen molar-refractivity contribution in [2.24, 2.45) is 0 Å². The Hall–Kier alpha value is -0.720. The molecule has 0 bridgehead atoms. The Labute approximate surface area is 119 Å². The number of phenols is 1. The second-order valence-corrected chi connectivity index (χ2v) is 5.55. The van der Waals surface area contributed by atoms with Crippen LogP contribution in [0.2, 0.25) is 0 Å². The van der Waals surface area contributed by atoms with Gasteiger partial charge in [-0.1, -0.05) is 22.0 Å². The molecule has 0 amide bonds. The summed E-state index contributed by atoms with van der Waals surface area (Å²) in [6, 6.07) is 4.61. The van der Waals surface area contributed by atoms with E-state index in [1.165, 1.54) is 0 Å². The monoisotopic (exact) mass is 334 g/mol. The fraction of sp³-hybridized carbons (Fsp3) is 0.538. The maximum Gasteiger partial charge on any atom is 0.240 e. The van der Waals surface area contributed by atoms with Crippen molar-refractivity contribution >= 4 is 15.9 Å². The molecule has 6 heteroatoms. The highest BCUT2D eigenvalue weighted by Gasteiger charge is 2.27. The molecule has 1 atom stereocenters. The molecule has 1 aromatic rings. The van der Waals surface area contributed by atoms with Gasteiger partial charge in [-0.3, -0.25) is 4.90 Å². The van der Waals surface area contributed by atoms with Crippen molar-refractivity contribution in [1.82, 2.24) is 10.2 Å². The van der Waals surface area contributed by atoms with Gasteiger partial charge in [-0.2, -0.15) is 0 Å². The summed E-state index contributed by atoms with van der Waals surface area (Å²) < 4.78 is 26.3. The minimum absolute atomic E-state index is 0.0681. The molecule has 1 fully saturated rings. The van der Waals surface area contributed by atoms with Gasteiger partial charge < -0.3 is 10.4 Å². The van der Waals surface area contributed by atoms with Crippen molar-refractivity contribution in [1.29, 1.82) is 0 Å². The number of benzene rings is 1. The summed E-state index contributed by atoms with van der Waals surface area (Å²) in [5.74, 6) is 0.0681. The Morgan fingerprint density at radius 1 is 1.32 bits per heavy atom. The van der Waals surface area contributed by atoms with Gasteiger partial charge in [0.05, 0.1) is 0 Å². The number of phenolic OH excluding ortho intramolecular Hbond substituents is 1. The molecular formula is C13H17BrF2N2O. The standard InChI is InChI=1S/C13H17BrF2N2O/c14-9-1-2-10(12(19)7-9)11(8-13(15)16)18-5-3-17-4-6-18/h1-2,7,11,13,17,19H,3-6,8H2/t11-/m1/s1. The van der Waals surface area contributed by atoms with E-state index in [4.69, 9.17) is 0 Å². The van der Waals surface area contributed by atoms with E-state index in [1.54, 1.807) is 18.2 Å². The third kappa shape index (κ3) is 3.87. The van der Waals surface area contributed by atoms with Crippen molar-refractivity contribution in [3.05, 3.63) is 28.2 Å². The predicted octanol–water partition coefficient (Wildman–Crippen LogP) is 2.76. The number of hydrogen-bond acceptors (Lipinski definition) is 3. The Kier molecular flexibility index (Phi) is 5.13. The Bertz CT molecular complexity index is 425. The predicted molar refractivity (Wildman–Crippen MR) is 73.6 cm³/mol. The zero-order valence-electron chi connectivity index (χ0n) is 10.5. The largest absolute Gasteiger partial charge is 0.508 e. The summed E-state index contributed by atoms with van der Waals surface area (Å²) in [4.78, 5) is 2.01. The minimum Gasteiger partial charge on any atom is -0.508 e. The summed E-state index contributed by atoms with van der Waals surface area (Å²) in [6.45, 7) is 3.01. The summed E-state index contributed by atoms with van der Waals surface area (Å²) in [5, 5.41) is 13.2. The van der Waals surface area contributed by atoms with E-state index in [-0.39, 0.29) is 12.2 Å². The van der Waals surface area contributed by atoms with Crippen molar-refractivity contribution in [2.45, 2.75) is 18.9 Å². The highest BCUT2D eigenvalue weighted by Crippen LogP contribution is 2.34. The summed E-state index contributed by atoms with van der Waals surface area (Å²) >= 11 is 3.26. The van der Waals surface area contributed by atoms with Crippen LogP contribution in [0.5, 0.6) is 5.75 Å². The summed E-state index contributed by atoms with van der Waals surface area (Å²) in [7, 11) is 0. The van der Waals surface area contributed by atoms with Crippen molar-refractivity contribution < 1.29 is 13.9 Å². The van der Waals surface area contributed by atoms with Gasteiger partial charge in [-0.15, -0.1) is 0 Å². The maximum absolute atomic E-state index is 12.8. The average Bonchev–Trinajstić information content (AvgIpc) is 2.37. The van der Waals surface area contributed by atoms with Crippen LogP contribution < -0.4 is 5.32 Å². The molecule has 0 saturated carbocycles. The van der Waals surface area contributed by atoms with Crippen LogP contribution >= 0.6 is 15.9 Å². The van der Waals surface area contributed by atoms with Crippen LogP contribution in [0.3, 0.4) is 0 Å². The van der Waals surface area contributed by atoms with Crippen LogP contribution in [0.4, 0.5) is 8.78 Å². The quantitative estimate of drug-likeness (QED) is 0.888. The molecule has 0 spiro atoms. The van der Waals surface area contributed by atoms with Crippen molar-refractivity contribution in [3.8, 4) is 5.75 Å². The molecule has 0 aromatic heterocycles. The molecule has 0 aliphatic carbocycles.